The lowest BCUT2D eigenvalue weighted by Gasteiger charge is -2.37. The summed E-state index contributed by atoms with van der Waals surface area (Å²) in [4.78, 5) is 17.1. The topological polar surface area (TPSA) is 47.6 Å². The Kier molecular flexibility index (Phi) is 5.74. The van der Waals surface area contributed by atoms with Crippen molar-refractivity contribution in [3.8, 4) is 0 Å². The van der Waals surface area contributed by atoms with E-state index in [0.717, 1.165) is 38.9 Å². The Balaban J connectivity index is 1.55. The standard InChI is InChI=1S/C19H30N4O/c1-22-11-12-23(2)16(14-22)13-20-19(24)21-18-10-6-4-8-15-7-3-5-9-17(15)18/h3,5,7,9,16,18H,4,6,8,10-14H2,1-2H3,(H2,20,21,24)/t16-,18-/m1/s1. The van der Waals surface area contributed by atoms with Crippen LogP contribution in [0.2, 0.25) is 0 Å². The molecule has 0 radical (unpaired) electrons. The second-order valence-electron chi connectivity index (χ2n) is 7.25. The SMILES string of the molecule is CN1CCN(C)[C@H](CNC(=O)N[C@@H]2CCCCc3ccccc32)C1. The van der Waals surface area contributed by atoms with Gasteiger partial charge in [-0.25, -0.2) is 4.79 Å². The quantitative estimate of drug-likeness (QED) is 0.834. The van der Waals surface area contributed by atoms with Crippen molar-refractivity contribution in [2.45, 2.75) is 37.8 Å². The zero-order valence-corrected chi connectivity index (χ0v) is 14.9. The van der Waals surface area contributed by atoms with E-state index < -0.39 is 0 Å². The van der Waals surface area contributed by atoms with Gasteiger partial charge in [-0.2, -0.15) is 0 Å². The lowest BCUT2D eigenvalue weighted by molar-refractivity contribution is 0.114. The number of carbonyl (C=O) groups excluding carboxylic acids is 1. The van der Waals surface area contributed by atoms with Gasteiger partial charge in [-0.15, -0.1) is 0 Å². The van der Waals surface area contributed by atoms with Gasteiger partial charge in [0.15, 0.2) is 0 Å². The molecule has 2 atom stereocenters. The van der Waals surface area contributed by atoms with Crippen molar-refractivity contribution in [1.29, 1.82) is 0 Å². The van der Waals surface area contributed by atoms with Crippen LogP contribution in [0.25, 0.3) is 0 Å². The molecule has 0 bridgehead atoms. The number of fused-ring (bicyclic) bond motifs is 1. The van der Waals surface area contributed by atoms with Gasteiger partial charge in [0.25, 0.3) is 0 Å². The highest BCUT2D eigenvalue weighted by Gasteiger charge is 2.24. The number of likely N-dealkylation sites (N-methyl/N-ethyl adjacent to an activating group) is 2. The zero-order chi connectivity index (χ0) is 16.9. The largest absolute Gasteiger partial charge is 0.337 e. The Morgan fingerprint density at radius 2 is 2.04 bits per heavy atom. The first-order valence-electron chi connectivity index (χ1n) is 9.14. The number of nitrogens with one attached hydrogen (secondary N) is 2. The van der Waals surface area contributed by atoms with Gasteiger partial charge in [0.1, 0.15) is 0 Å². The predicted octanol–water partition coefficient (Wildman–Crippen LogP) is 2.00. The number of piperazine rings is 1. The summed E-state index contributed by atoms with van der Waals surface area (Å²) in [5, 5.41) is 6.28. The number of urea groups is 1. The fraction of sp³-hybridized carbons (Fsp3) is 0.632. The van der Waals surface area contributed by atoms with Crippen molar-refractivity contribution in [3.63, 3.8) is 0 Å². The third kappa shape index (κ3) is 4.28. The molecule has 1 saturated heterocycles. The average molecular weight is 330 g/mol. The molecule has 0 spiro atoms. The number of hydrogen-bond donors (Lipinski definition) is 2. The van der Waals surface area contributed by atoms with E-state index in [0.29, 0.717) is 12.6 Å². The molecule has 0 saturated carbocycles. The molecular weight excluding hydrogens is 300 g/mol. The highest BCUT2D eigenvalue weighted by molar-refractivity contribution is 5.74. The van der Waals surface area contributed by atoms with Gasteiger partial charge in [-0.3, -0.25) is 4.90 Å². The van der Waals surface area contributed by atoms with Crippen molar-refractivity contribution in [2.24, 2.45) is 0 Å². The second kappa shape index (κ2) is 7.99. The molecule has 1 fully saturated rings. The van der Waals surface area contributed by atoms with Gasteiger partial charge in [-0.05, 0) is 44.5 Å². The summed E-state index contributed by atoms with van der Waals surface area (Å²) >= 11 is 0. The summed E-state index contributed by atoms with van der Waals surface area (Å²) < 4.78 is 0. The summed E-state index contributed by atoms with van der Waals surface area (Å²) in [5.41, 5.74) is 2.67. The maximum Gasteiger partial charge on any atom is 0.315 e. The molecule has 132 valence electrons. The van der Waals surface area contributed by atoms with E-state index in [9.17, 15) is 4.79 Å². The molecule has 1 aromatic rings. The Morgan fingerprint density at radius 3 is 2.92 bits per heavy atom. The number of carbonyl (C=O) groups is 1. The van der Waals surface area contributed by atoms with Gasteiger partial charge < -0.3 is 15.5 Å². The van der Waals surface area contributed by atoms with Gasteiger partial charge in [0.05, 0.1) is 6.04 Å². The summed E-state index contributed by atoms with van der Waals surface area (Å²) in [5.74, 6) is 0. The van der Waals surface area contributed by atoms with Crippen LogP contribution in [0.3, 0.4) is 0 Å². The van der Waals surface area contributed by atoms with Crippen molar-refractivity contribution in [1.82, 2.24) is 20.4 Å². The first-order chi connectivity index (χ1) is 11.6. The normalized spacial score (nSPS) is 25.6. The first-order valence-corrected chi connectivity index (χ1v) is 9.14. The Labute approximate surface area is 145 Å². The van der Waals surface area contributed by atoms with Crippen LogP contribution < -0.4 is 10.6 Å². The fourth-order valence-corrected chi connectivity index (χ4v) is 3.81. The number of nitrogens with zero attached hydrogens (tertiary/aromatic N) is 2. The van der Waals surface area contributed by atoms with Crippen LogP contribution >= 0.6 is 0 Å². The molecule has 1 aliphatic carbocycles. The molecule has 1 heterocycles. The summed E-state index contributed by atoms with van der Waals surface area (Å²) in [6.07, 6.45) is 4.51. The molecule has 5 heteroatoms. The molecule has 0 aromatic heterocycles. The Morgan fingerprint density at radius 1 is 1.21 bits per heavy atom. The van der Waals surface area contributed by atoms with Gasteiger partial charge in [-0.1, -0.05) is 30.7 Å². The Bertz CT molecular complexity index is 562. The summed E-state index contributed by atoms with van der Waals surface area (Å²) in [7, 11) is 4.28. The lowest BCUT2D eigenvalue weighted by atomic mass is 9.99. The third-order valence-corrected chi connectivity index (χ3v) is 5.40. The van der Waals surface area contributed by atoms with E-state index in [2.05, 4.69) is 58.8 Å². The van der Waals surface area contributed by atoms with E-state index in [1.165, 1.54) is 17.5 Å². The Hall–Kier alpha value is -1.59. The maximum atomic E-state index is 12.4. The number of aryl methyl sites for hydroxylation is 1. The second-order valence-corrected chi connectivity index (χ2v) is 7.25. The molecule has 1 aliphatic heterocycles. The molecule has 0 unspecified atom stereocenters. The van der Waals surface area contributed by atoms with E-state index >= 15 is 0 Å². The molecule has 24 heavy (non-hydrogen) atoms. The van der Waals surface area contributed by atoms with Crippen LogP contribution in [0.5, 0.6) is 0 Å². The van der Waals surface area contributed by atoms with Gasteiger partial charge in [0, 0.05) is 32.2 Å². The van der Waals surface area contributed by atoms with Crippen LogP contribution in [-0.4, -0.2) is 62.1 Å². The minimum absolute atomic E-state index is 0.0432. The van der Waals surface area contributed by atoms with Crippen LogP contribution in [-0.2, 0) is 6.42 Å². The van der Waals surface area contributed by atoms with E-state index in [-0.39, 0.29) is 12.1 Å². The molecule has 2 N–H and O–H groups in total. The highest BCUT2D eigenvalue weighted by atomic mass is 16.2. The average Bonchev–Trinajstić information content (AvgIpc) is 2.78. The first kappa shape index (κ1) is 17.2. The molecule has 2 amide bonds. The van der Waals surface area contributed by atoms with E-state index in [4.69, 9.17) is 0 Å². The van der Waals surface area contributed by atoms with Crippen LogP contribution in [0, 0.1) is 0 Å². The van der Waals surface area contributed by atoms with Crippen molar-refractivity contribution in [2.75, 3.05) is 40.3 Å². The van der Waals surface area contributed by atoms with Crippen molar-refractivity contribution < 1.29 is 4.79 Å². The van der Waals surface area contributed by atoms with Gasteiger partial charge >= 0.3 is 6.03 Å². The van der Waals surface area contributed by atoms with Crippen LogP contribution in [0.1, 0.15) is 36.4 Å². The molecule has 3 rings (SSSR count). The van der Waals surface area contributed by atoms with Crippen molar-refractivity contribution in [3.05, 3.63) is 35.4 Å². The predicted molar refractivity (Wildman–Crippen MR) is 97.2 cm³/mol. The monoisotopic (exact) mass is 330 g/mol. The third-order valence-electron chi connectivity index (χ3n) is 5.40. The number of hydrogen-bond acceptors (Lipinski definition) is 3. The number of benzene rings is 1. The smallest absolute Gasteiger partial charge is 0.315 e. The lowest BCUT2D eigenvalue weighted by Crippen LogP contribution is -2.55. The van der Waals surface area contributed by atoms with Gasteiger partial charge in [0.2, 0.25) is 0 Å². The van der Waals surface area contributed by atoms with Crippen LogP contribution in [0.15, 0.2) is 24.3 Å². The minimum Gasteiger partial charge on any atom is -0.337 e. The van der Waals surface area contributed by atoms with E-state index in [1.54, 1.807) is 0 Å². The highest BCUT2D eigenvalue weighted by Crippen LogP contribution is 2.28. The minimum atomic E-state index is -0.0432. The summed E-state index contributed by atoms with van der Waals surface area (Å²) in [6, 6.07) is 9.00. The molecule has 1 aromatic carbocycles. The van der Waals surface area contributed by atoms with Crippen molar-refractivity contribution >= 4 is 6.03 Å². The maximum absolute atomic E-state index is 12.4. The molecule has 5 nitrogen and oxygen atoms in total. The van der Waals surface area contributed by atoms with Crippen LogP contribution in [0.4, 0.5) is 4.79 Å². The zero-order valence-electron chi connectivity index (χ0n) is 14.9. The number of rotatable bonds is 3. The summed E-state index contributed by atoms with van der Waals surface area (Å²) in [6.45, 7) is 3.85. The number of amides is 2. The van der Waals surface area contributed by atoms with E-state index in [1.807, 2.05) is 0 Å². The molecular formula is C19H30N4O. The fourth-order valence-electron chi connectivity index (χ4n) is 3.81. The molecule has 2 aliphatic rings.